The molecule has 33 heavy (non-hydrogen) atoms. The first-order valence-electron chi connectivity index (χ1n) is 11.4. The summed E-state index contributed by atoms with van der Waals surface area (Å²) in [4.78, 5) is 24.0. The summed E-state index contributed by atoms with van der Waals surface area (Å²) < 4.78 is 3.89. The van der Waals surface area contributed by atoms with E-state index < -0.39 is 0 Å². The molecule has 4 aromatic heterocycles. The van der Waals surface area contributed by atoms with E-state index in [9.17, 15) is 4.79 Å². The summed E-state index contributed by atoms with van der Waals surface area (Å²) in [6.45, 7) is 6.36. The van der Waals surface area contributed by atoms with Gasteiger partial charge in [-0.05, 0) is 19.2 Å². The summed E-state index contributed by atoms with van der Waals surface area (Å²) in [6.07, 6.45) is 8.13. The second-order valence-corrected chi connectivity index (χ2v) is 8.35. The molecule has 9 heteroatoms. The smallest absolute Gasteiger partial charge is 0.256 e. The van der Waals surface area contributed by atoms with Crippen LogP contribution in [0.5, 0.6) is 0 Å². The van der Waals surface area contributed by atoms with Crippen LogP contribution >= 0.6 is 0 Å². The second-order valence-electron chi connectivity index (χ2n) is 8.35. The second kappa shape index (κ2) is 9.58. The maximum atomic E-state index is 12.3. The van der Waals surface area contributed by atoms with Gasteiger partial charge in [0.15, 0.2) is 5.65 Å². The van der Waals surface area contributed by atoms with E-state index >= 15 is 0 Å². The Balaban J connectivity index is 0.000000601. The van der Waals surface area contributed by atoms with Crippen LogP contribution in [0.2, 0.25) is 0 Å². The molecule has 0 radical (unpaired) electrons. The molecule has 9 nitrogen and oxygen atoms in total. The summed E-state index contributed by atoms with van der Waals surface area (Å²) in [7, 11) is 5.55. The Morgan fingerprint density at radius 3 is 2.58 bits per heavy atom. The van der Waals surface area contributed by atoms with Gasteiger partial charge in [0.2, 0.25) is 0 Å². The van der Waals surface area contributed by atoms with Crippen LogP contribution < -0.4 is 10.6 Å². The van der Waals surface area contributed by atoms with Crippen molar-refractivity contribution in [3.05, 3.63) is 42.4 Å². The molecule has 1 saturated heterocycles. The maximum Gasteiger partial charge on any atom is 0.256 e. The number of nitrogens with zero attached hydrogens (tertiary/aromatic N) is 6. The fourth-order valence-electron chi connectivity index (χ4n) is 3.98. The highest BCUT2D eigenvalue weighted by Gasteiger charge is 2.28. The van der Waals surface area contributed by atoms with Crippen molar-refractivity contribution in [2.24, 2.45) is 0 Å². The molecule has 0 saturated carbocycles. The predicted octanol–water partition coefficient (Wildman–Crippen LogP) is 3.44. The van der Waals surface area contributed by atoms with Crippen molar-refractivity contribution < 1.29 is 4.79 Å². The molecule has 0 aliphatic carbocycles. The molecular weight excluding hydrogens is 416 g/mol. The molecule has 1 aliphatic heterocycles. The number of hydrogen-bond donors (Lipinski definition) is 2. The molecule has 1 aliphatic rings. The Morgan fingerprint density at radius 1 is 1.18 bits per heavy atom. The topological polar surface area (TPSA) is 92.4 Å². The van der Waals surface area contributed by atoms with E-state index in [1.54, 1.807) is 17.8 Å². The molecule has 1 amide bonds. The van der Waals surface area contributed by atoms with Crippen LogP contribution in [-0.2, 0) is 0 Å². The molecule has 174 valence electrons. The number of hydrogen-bond acceptors (Lipinski definition) is 6. The minimum Gasteiger partial charge on any atom is -0.373 e. The van der Waals surface area contributed by atoms with Crippen LogP contribution in [0.15, 0.2) is 36.8 Å². The fraction of sp³-hybridized carbons (Fsp3) is 0.417. The summed E-state index contributed by atoms with van der Waals surface area (Å²) in [5, 5.41) is 11.2. The number of pyridine rings is 1. The Bertz CT molecular complexity index is 1270. The minimum atomic E-state index is -0.215. The first kappa shape index (κ1) is 22.7. The lowest BCUT2D eigenvalue weighted by Gasteiger charge is -2.37. The number of unbranched alkanes of at least 4 members (excludes halogenated alkanes) is 1. The molecule has 0 aromatic carbocycles. The van der Waals surface area contributed by atoms with Gasteiger partial charge in [0.05, 0.1) is 17.9 Å². The average Bonchev–Trinajstić information content (AvgIpc) is 3.43. The summed E-state index contributed by atoms with van der Waals surface area (Å²) >= 11 is 0. The van der Waals surface area contributed by atoms with Gasteiger partial charge in [-0.2, -0.15) is 9.61 Å². The molecule has 0 spiro atoms. The number of rotatable bonds is 5. The van der Waals surface area contributed by atoms with Gasteiger partial charge in [-0.15, -0.1) is 0 Å². The van der Waals surface area contributed by atoms with Crippen molar-refractivity contribution in [3.8, 4) is 11.3 Å². The number of likely N-dealkylation sites (tertiary alicyclic amines) is 1. The van der Waals surface area contributed by atoms with Crippen molar-refractivity contribution in [2.75, 3.05) is 39.5 Å². The highest BCUT2D eigenvalue weighted by molar-refractivity contribution is 6.00. The number of amides is 1. The fourth-order valence-corrected chi connectivity index (χ4v) is 3.98. The van der Waals surface area contributed by atoms with Gasteiger partial charge in [-0.1, -0.05) is 26.7 Å². The van der Waals surface area contributed by atoms with Crippen molar-refractivity contribution in [1.82, 2.24) is 34.4 Å². The number of aromatic nitrogens is 5. The molecule has 0 unspecified atom stereocenters. The molecule has 2 N–H and O–H groups in total. The van der Waals surface area contributed by atoms with Crippen LogP contribution in [-0.4, -0.2) is 69.2 Å². The van der Waals surface area contributed by atoms with Gasteiger partial charge < -0.3 is 20.1 Å². The van der Waals surface area contributed by atoms with Crippen LogP contribution in [0.3, 0.4) is 0 Å². The third kappa shape index (κ3) is 4.16. The first-order chi connectivity index (χ1) is 16.0. The highest BCUT2D eigenvalue weighted by atomic mass is 16.1. The zero-order chi connectivity index (χ0) is 23.5. The molecule has 0 atom stereocenters. The summed E-state index contributed by atoms with van der Waals surface area (Å²) in [5.41, 5.74) is 3.67. The zero-order valence-corrected chi connectivity index (χ0v) is 20.0. The van der Waals surface area contributed by atoms with E-state index in [-0.39, 0.29) is 5.91 Å². The lowest BCUT2D eigenvalue weighted by Crippen LogP contribution is -2.44. The van der Waals surface area contributed by atoms with Crippen LogP contribution in [0, 0.1) is 0 Å². The normalized spacial score (nSPS) is 14.1. The van der Waals surface area contributed by atoms with Gasteiger partial charge in [0, 0.05) is 56.6 Å². The largest absolute Gasteiger partial charge is 0.373 e. The number of carbonyl (C=O) groups excluding carboxylic acids is 1. The lowest BCUT2D eigenvalue weighted by atomic mass is 10.1. The van der Waals surface area contributed by atoms with Crippen molar-refractivity contribution in [1.29, 1.82) is 0 Å². The molecule has 5 rings (SSSR count). The minimum absolute atomic E-state index is 0.215. The highest BCUT2D eigenvalue weighted by Crippen LogP contribution is 2.34. The monoisotopic (exact) mass is 448 g/mol. The SMILES string of the molecule is CCCC.CNC(=O)c1cnn2c(NC)cc(-c3cn(C4CN(C)C4)c4ncccc34)nc12. The van der Waals surface area contributed by atoms with Crippen molar-refractivity contribution in [2.45, 2.75) is 32.7 Å². The third-order valence-electron chi connectivity index (χ3n) is 6.00. The van der Waals surface area contributed by atoms with Gasteiger partial charge >= 0.3 is 0 Å². The molecule has 5 heterocycles. The summed E-state index contributed by atoms with van der Waals surface area (Å²) in [5.74, 6) is 0.543. The Labute approximate surface area is 193 Å². The van der Waals surface area contributed by atoms with Crippen LogP contribution in [0.25, 0.3) is 27.9 Å². The van der Waals surface area contributed by atoms with Crippen LogP contribution in [0.1, 0.15) is 43.1 Å². The third-order valence-corrected chi connectivity index (χ3v) is 6.00. The standard InChI is InChI=1S/C20H22N8O.C4H10/c1-21-17-7-16(25-19-14(20(29)22-2)8-24-28(17)19)15-11-27(12-9-26(3)10-12)18-13(15)5-4-6-23-18;1-3-4-2/h4-8,11-12,21H,9-10H2,1-3H3,(H,22,29);3-4H2,1-2H3. The number of nitrogens with one attached hydrogen (secondary N) is 2. The van der Waals surface area contributed by atoms with Gasteiger partial charge in [0.1, 0.15) is 17.0 Å². The lowest BCUT2D eigenvalue weighted by molar-refractivity contribution is 0.0964. The number of anilines is 1. The van der Waals surface area contributed by atoms with Crippen LogP contribution in [0.4, 0.5) is 5.82 Å². The number of likely N-dealkylation sites (N-methyl/N-ethyl adjacent to an activating group) is 1. The van der Waals surface area contributed by atoms with Gasteiger partial charge in [-0.25, -0.2) is 9.97 Å². The van der Waals surface area contributed by atoms with Crippen molar-refractivity contribution in [3.63, 3.8) is 0 Å². The Kier molecular flexibility index (Phi) is 6.60. The van der Waals surface area contributed by atoms with E-state index in [1.807, 2.05) is 25.4 Å². The Hall–Kier alpha value is -3.46. The predicted molar refractivity (Wildman–Crippen MR) is 132 cm³/mol. The van der Waals surface area contributed by atoms with E-state index in [1.165, 1.54) is 12.8 Å². The summed E-state index contributed by atoms with van der Waals surface area (Å²) in [6, 6.07) is 6.36. The number of carbonyl (C=O) groups is 1. The Morgan fingerprint density at radius 2 is 1.94 bits per heavy atom. The molecule has 4 aromatic rings. The number of fused-ring (bicyclic) bond motifs is 2. The zero-order valence-electron chi connectivity index (χ0n) is 20.0. The van der Waals surface area contributed by atoms with E-state index in [0.717, 1.165) is 41.2 Å². The van der Waals surface area contributed by atoms with E-state index in [2.05, 4.69) is 63.3 Å². The molecule has 0 bridgehead atoms. The average molecular weight is 449 g/mol. The first-order valence-corrected chi connectivity index (χ1v) is 11.4. The van der Waals surface area contributed by atoms with Gasteiger partial charge in [-0.3, -0.25) is 4.79 Å². The quantitative estimate of drug-likeness (QED) is 0.486. The molecular formula is C24H32N8O. The molecule has 1 fully saturated rings. The van der Waals surface area contributed by atoms with Crippen molar-refractivity contribution >= 4 is 28.4 Å². The van der Waals surface area contributed by atoms with E-state index in [4.69, 9.17) is 4.98 Å². The van der Waals surface area contributed by atoms with E-state index in [0.29, 0.717) is 17.3 Å². The maximum absolute atomic E-state index is 12.3. The van der Waals surface area contributed by atoms with Gasteiger partial charge in [0.25, 0.3) is 5.91 Å².